The molecule has 2 heterocycles. The predicted molar refractivity (Wildman–Crippen MR) is 60.9 cm³/mol. The maximum Gasteiger partial charge on any atom is 0.0404 e. The fraction of sp³-hybridized carbons (Fsp3) is 0.818. The first kappa shape index (κ1) is 10.5. The zero-order chi connectivity index (χ0) is 9.80. The molecule has 0 bridgehead atoms. The number of hydrogen-bond acceptors (Lipinski definition) is 2. The lowest BCUT2D eigenvalue weighted by molar-refractivity contribution is 0.302. The highest BCUT2D eigenvalue weighted by Gasteiger charge is 2.36. The largest absolute Gasteiger partial charge is 0.309 e. The third kappa shape index (κ3) is 2.30. The van der Waals surface area contributed by atoms with Crippen molar-refractivity contribution < 1.29 is 0 Å². The molecule has 2 unspecified atom stereocenters. The number of rotatable bonds is 4. The standard InChI is InChI=1S/C11H19ClN2/c12-6-1-2-7-13-10-5-9-14-8-3-4-11(10)14/h1-2,10-11,13H,3-9H2/b2-1+. The van der Waals surface area contributed by atoms with E-state index in [1.54, 1.807) is 0 Å². The van der Waals surface area contributed by atoms with Gasteiger partial charge in [-0.3, -0.25) is 4.90 Å². The second kappa shape index (κ2) is 5.15. The molecule has 0 aliphatic carbocycles. The lowest BCUT2D eigenvalue weighted by Gasteiger charge is -2.20. The summed E-state index contributed by atoms with van der Waals surface area (Å²) >= 11 is 5.56. The Kier molecular flexibility index (Phi) is 3.85. The van der Waals surface area contributed by atoms with Crippen LogP contribution in [0.4, 0.5) is 0 Å². The molecule has 0 radical (unpaired) electrons. The average Bonchev–Trinajstić information content (AvgIpc) is 2.75. The maximum absolute atomic E-state index is 5.56. The van der Waals surface area contributed by atoms with Crippen LogP contribution in [0, 0.1) is 0 Å². The van der Waals surface area contributed by atoms with Crippen LogP contribution in [0.15, 0.2) is 12.2 Å². The number of nitrogens with zero attached hydrogens (tertiary/aromatic N) is 1. The minimum Gasteiger partial charge on any atom is -0.309 e. The molecule has 2 rings (SSSR count). The van der Waals surface area contributed by atoms with Gasteiger partial charge in [-0.25, -0.2) is 0 Å². The van der Waals surface area contributed by atoms with Crippen LogP contribution in [0.1, 0.15) is 19.3 Å². The van der Waals surface area contributed by atoms with Crippen LogP contribution < -0.4 is 5.32 Å². The summed E-state index contributed by atoms with van der Waals surface area (Å²) in [6.07, 6.45) is 8.23. The van der Waals surface area contributed by atoms with E-state index in [1.807, 2.05) is 6.08 Å². The van der Waals surface area contributed by atoms with Crippen LogP contribution in [0.2, 0.25) is 0 Å². The molecule has 0 aromatic rings. The lowest BCUT2D eigenvalue weighted by atomic mass is 10.1. The zero-order valence-corrected chi connectivity index (χ0v) is 9.34. The topological polar surface area (TPSA) is 15.3 Å². The Morgan fingerprint density at radius 2 is 2.21 bits per heavy atom. The highest BCUT2D eigenvalue weighted by molar-refractivity contribution is 6.18. The second-order valence-electron chi connectivity index (χ2n) is 4.17. The molecule has 1 N–H and O–H groups in total. The lowest BCUT2D eigenvalue weighted by Crippen LogP contribution is -2.39. The van der Waals surface area contributed by atoms with Gasteiger partial charge < -0.3 is 5.32 Å². The summed E-state index contributed by atoms with van der Waals surface area (Å²) in [5.41, 5.74) is 0. The molecule has 2 aliphatic heterocycles. The normalized spacial score (nSPS) is 32.9. The van der Waals surface area contributed by atoms with Gasteiger partial charge in [0.2, 0.25) is 0 Å². The van der Waals surface area contributed by atoms with E-state index >= 15 is 0 Å². The van der Waals surface area contributed by atoms with Crippen LogP contribution in [-0.2, 0) is 0 Å². The molecule has 2 atom stereocenters. The van der Waals surface area contributed by atoms with Crippen molar-refractivity contribution in [1.29, 1.82) is 0 Å². The summed E-state index contributed by atoms with van der Waals surface area (Å²) in [6.45, 7) is 3.59. The molecule has 0 aromatic carbocycles. The molecule has 0 amide bonds. The van der Waals surface area contributed by atoms with E-state index in [2.05, 4.69) is 16.3 Å². The third-order valence-electron chi connectivity index (χ3n) is 3.36. The highest BCUT2D eigenvalue weighted by Crippen LogP contribution is 2.27. The van der Waals surface area contributed by atoms with E-state index in [9.17, 15) is 0 Å². The Morgan fingerprint density at radius 1 is 1.29 bits per heavy atom. The Morgan fingerprint density at radius 3 is 3.07 bits per heavy atom. The minimum absolute atomic E-state index is 0.627. The third-order valence-corrected chi connectivity index (χ3v) is 3.54. The van der Waals surface area contributed by atoms with Crippen molar-refractivity contribution in [2.24, 2.45) is 0 Å². The van der Waals surface area contributed by atoms with Crippen molar-refractivity contribution in [1.82, 2.24) is 10.2 Å². The Hall–Kier alpha value is -0.0500. The van der Waals surface area contributed by atoms with Crippen molar-refractivity contribution in [3.05, 3.63) is 12.2 Å². The van der Waals surface area contributed by atoms with Gasteiger partial charge in [0.1, 0.15) is 0 Å². The first-order chi connectivity index (χ1) is 6.92. The molecule has 2 saturated heterocycles. The molecule has 3 heteroatoms. The zero-order valence-electron chi connectivity index (χ0n) is 8.58. The number of hydrogen-bond donors (Lipinski definition) is 1. The van der Waals surface area contributed by atoms with Gasteiger partial charge in [-0.2, -0.15) is 0 Å². The van der Waals surface area contributed by atoms with Crippen molar-refractivity contribution in [2.45, 2.75) is 31.3 Å². The van der Waals surface area contributed by atoms with Gasteiger partial charge in [-0.05, 0) is 25.8 Å². The van der Waals surface area contributed by atoms with Gasteiger partial charge in [0, 0.05) is 31.1 Å². The van der Waals surface area contributed by atoms with Crippen LogP contribution in [0.25, 0.3) is 0 Å². The molecule has 2 aliphatic rings. The van der Waals surface area contributed by atoms with E-state index in [-0.39, 0.29) is 0 Å². The Balaban J connectivity index is 1.73. The van der Waals surface area contributed by atoms with E-state index in [1.165, 1.54) is 32.4 Å². The number of alkyl halides is 1. The highest BCUT2D eigenvalue weighted by atomic mass is 35.5. The van der Waals surface area contributed by atoms with Gasteiger partial charge in [-0.1, -0.05) is 12.2 Å². The van der Waals surface area contributed by atoms with Crippen molar-refractivity contribution in [3.63, 3.8) is 0 Å². The van der Waals surface area contributed by atoms with Gasteiger partial charge in [0.25, 0.3) is 0 Å². The molecule has 0 aromatic heterocycles. The molecular formula is C11H19ClN2. The monoisotopic (exact) mass is 214 g/mol. The van der Waals surface area contributed by atoms with Gasteiger partial charge >= 0.3 is 0 Å². The van der Waals surface area contributed by atoms with E-state index in [0.717, 1.165) is 18.6 Å². The fourth-order valence-corrected chi connectivity index (χ4v) is 2.81. The molecule has 0 spiro atoms. The molecule has 2 fully saturated rings. The van der Waals surface area contributed by atoms with Crippen molar-refractivity contribution in [2.75, 3.05) is 25.5 Å². The molecule has 80 valence electrons. The first-order valence-corrected chi connectivity index (χ1v) is 6.13. The summed E-state index contributed by atoms with van der Waals surface area (Å²) < 4.78 is 0. The second-order valence-corrected chi connectivity index (χ2v) is 4.48. The molecule has 0 saturated carbocycles. The summed E-state index contributed by atoms with van der Waals surface area (Å²) in [7, 11) is 0. The van der Waals surface area contributed by atoms with Crippen LogP contribution >= 0.6 is 11.6 Å². The van der Waals surface area contributed by atoms with Gasteiger partial charge in [-0.15, -0.1) is 11.6 Å². The fourth-order valence-electron chi connectivity index (χ4n) is 2.69. The van der Waals surface area contributed by atoms with Crippen LogP contribution in [0.5, 0.6) is 0 Å². The SMILES string of the molecule is ClC/C=C/CNC1CCN2CCCC12. The molecule has 2 nitrogen and oxygen atoms in total. The maximum atomic E-state index is 5.56. The van der Waals surface area contributed by atoms with Crippen molar-refractivity contribution >= 4 is 11.6 Å². The number of nitrogens with one attached hydrogen (secondary N) is 1. The number of halogens is 1. The number of fused-ring (bicyclic) bond motifs is 1. The molecular weight excluding hydrogens is 196 g/mol. The Bertz CT molecular complexity index is 205. The Labute approximate surface area is 91.3 Å². The minimum atomic E-state index is 0.627. The van der Waals surface area contributed by atoms with Gasteiger partial charge in [0.05, 0.1) is 0 Å². The number of allylic oxidation sites excluding steroid dienone is 1. The van der Waals surface area contributed by atoms with E-state index in [4.69, 9.17) is 11.6 Å². The predicted octanol–water partition coefficient (Wildman–Crippen LogP) is 1.61. The molecule has 14 heavy (non-hydrogen) atoms. The first-order valence-electron chi connectivity index (χ1n) is 5.60. The van der Waals surface area contributed by atoms with Gasteiger partial charge in [0.15, 0.2) is 0 Å². The summed E-state index contributed by atoms with van der Waals surface area (Å²) in [4.78, 5) is 2.63. The summed E-state index contributed by atoms with van der Waals surface area (Å²) in [6, 6.07) is 1.54. The average molecular weight is 215 g/mol. The summed E-state index contributed by atoms with van der Waals surface area (Å²) in [5.74, 6) is 0.627. The quantitative estimate of drug-likeness (QED) is 0.565. The smallest absolute Gasteiger partial charge is 0.0404 e. The summed E-state index contributed by atoms with van der Waals surface area (Å²) in [5, 5.41) is 3.60. The van der Waals surface area contributed by atoms with Crippen LogP contribution in [0.3, 0.4) is 0 Å². The van der Waals surface area contributed by atoms with Crippen molar-refractivity contribution in [3.8, 4) is 0 Å². The van der Waals surface area contributed by atoms with E-state index < -0.39 is 0 Å². The van der Waals surface area contributed by atoms with E-state index in [0.29, 0.717) is 5.88 Å². The van der Waals surface area contributed by atoms with Crippen LogP contribution in [-0.4, -0.2) is 42.5 Å².